The van der Waals surface area contributed by atoms with E-state index in [0.29, 0.717) is 0 Å². The fourth-order valence-corrected chi connectivity index (χ4v) is 21.9. The Balaban J connectivity index is 0.688. The Hall–Kier alpha value is -13.1. The van der Waals surface area contributed by atoms with Crippen molar-refractivity contribution in [3.8, 4) is 100 Å². The van der Waals surface area contributed by atoms with E-state index in [1.54, 1.807) is 0 Å². The Bertz CT molecular complexity index is 5880. The normalized spacial score (nSPS) is 15.6. The third kappa shape index (κ3) is 10.4. The summed E-state index contributed by atoms with van der Waals surface area (Å²) in [6, 6.07) is 132. The van der Waals surface area contributed by atoms with E-state index in [1.165, 1.54) is 134 Å². The topological polar surface area (TPSA) is 9.72 Å². The van der Waals surface area contributed by atoms with Crippen molar-refractivity contribution in [2.75, 3.05) is 14.7 Å². The SMILES string of the molecule is CC1(C)c2ccccc2-c2ccc(N(c3ccc(-c4cc(-c5ccc(N(c6ccc7c(c6)C(C)(C)c6ccccc6-7)c6ccc7c(c6)C(C)(C)c6ccccc6-7)cc5)cc(-c5ccc(N(c6ccc7c(c6)C(C)(C)c6ccccc6-7)c6ccc7c(c6)C(C)(C)c6ccccc6-7)cc5)c4)cc3)c3ccc4c(c3)C(C)(C)c3ccccc3-4)cc21. The monoisotopic (exact) mass is 1500 g/mol. The third-order valence-electron chi connectivity index (χ3n) is 28.3. The molecule has 0 saturated heterocycles. The molecule has 0 atom stereocenters. The minimum Gasteiger partial charge on any atom is -0.310 e. The number of hydrogen-bond donors (Lipinski definition) is 0. The molecule has 16 aromatic rings. The van der Waals surface area contributed by atoms with Gasteiger partial charge in [-0.1, -0.05) is 301 Å². The molecule has 6 aliphatic carbocycles. The predicted octanol–water partition coefficient (Wildman–Crippen LogP) is 30.9. The van der Waals surface area contributed by atoms with Crippen molar-refractivity contribution >= 4 is 51.2 Å². The van der Waals surface area contributed by atoms with E-state index >= 15 is 0 Å². The molecule has 0 bridgehead atoms. The lowest BCUT2D eigenvalue weighted by atomic mass is 9.82. The van der Waals surface area contributed by atoms with E-state index in [-0.39, 0.29) is 32.5 Å². The van der Waals surface area contributed by atoms with E-state index < -0.39 is 0 Å². The molecule has 0 heterocycles. The molecule has 3 nitrogen and oxygen atoms in total. The van der Waals surface area contributed by atoms with E-state index in [9.17, 15) is 0 Å². The van der Waals surface area contributed by atoms with Gasteiger partial charge in [0.25, 0.3) is 0 Å². The van der Waals surface area contributed by atoms with Crippen LogP contribution in [0.3, 0.4) is 0 Å². The molecular weight excluding hydrogens is 1410 g/mol. The van der Waals surface area contributed by atoms with E-state index in [1.807, 2.05) is 0 Å². The Morgan fingerprint density at radius 3 is 0.444 bits per heavy atom. The fraction of sp³-hybridized carbons (Fsp3) is 0.158. The molecule has 0 saturated carbocycles. The number of nitrogens with zero attached hydrogens (tertiary/aromatic N) is 3. The molecule has 6 aliphatic rings. The van der Waals surface area contributed by atoms with Crippen LogP contribution in [0.15, 0.2) is 346 Å². The third-order valence-corrected chi connectivity index (χ3v) is 28.3. The zero-order chi connectivity index (χ0) is 79.6. The first kappa shape index (κ1) is 70.5. The maximum atomic E-state index is 2.50. The van der Waals surface area contributed by atoms with Crippen molar-refractivity contribution in [3.05, 3.63) is 413 Å². The summed E-state index contributed by atoms with van der Waals surface area (Å²) in [5, 5.41) is 0. The predicted molar refractivity (Wildman–Crippen MR) is 492 cm³/mol. The van der Waals surface area contributed by atoms with Gasteiger partial charge in [0.05, 0.1) is 0 Å². The molecule has 0 aliphatic heterocycles. The Labute approximate surface area is 689 Å². The molecule has 16 aromatic carbocycles. The molecule has 0 N–H and O–H groups in total. The van der Waals surface area contributed by atoms with E-state index in [2.05, 4.69) is 444 Å². The van der Waals surface area contributed by atoms with Crippen molar-refractivity contribution < 1.29 is 0 Å². The molecule has 22 rings (SSSR count). The lowest BCUT2D eigenvalue weighted by molar-refractivity contribution is 0.659. The molecule has 117 heavy (non-hydrogen) atoms. The molecule has 0 radical (unpaired) electrons. The van der Waals surface area contributed by atoms with Crippen molar-refractivity contribution in [1.29, 1.82) is 0 Å². The highest BCUT2D eigenvalue weighted by atomic mass is 15.2. The van der Waals surface area contributed by atoms with Crippen LogP contribution in [0.4, 0.5) is 51.2 Å². The van der Waals surface area contributed by atoms with Crippen LogP contribution >= 0.6 is 0 Å². The second-order valence-corrected chi connectivity index (χ2v) is 36.8. The average molecular weight is 1510 g/mol. The maximum absolute atomic E-state index is 2.50. The lowest BCUT2D eigenvalue weighted by Gasteiger charge is -2.30. The van der Waals surface area contributed by atoms with Gasteiger partial charge in [0.2, 0.25) is 0 Å². The summed E-state index contributed by atoms with van der Waals surface area (Å²) in [6.45, 7) is 28.6. The molecule has 0 fully saturated rings. The van der Waals surface area contributed by atoms with Gasteiger partial charge in [0.15, 0.2) is 0 Å². The van der Waals surface area contributed by atoms with Gasteiger partial charge < -0.3 is 14.7 Å². The minimum atomic E-state index is -0.179. The van der Waals surface area contributed by atoms with Gasteiger partial charge >= 0.3 is 0 Å². The summed E-state index contributed by atoms with van der Waals surface area (Å²) in [5.74, 6) is 0. The Morgan fingerprint density at radius 2 is 0.274 bits per heavy atom. The largest absolute Gasteiger partial charge is 0.310 e. The highest BCUT2D eigenvalue weighted by Gasteiger charge is 2.43. The zero-order valence-electron chi connectivity index (χ0n) is 68.8. The average Bonchev–Trinajstić information content (AvgIpc) is 1.60. The van der Waals surface area contributed by atoms with Crippen LogP contribution < -0.4 is 14.7 Å². The van der Waals surface area contributed by atoms with Gasteiger partial charge in [0.1, 0.15) is 0 Å². The highest BCUT2D eigenvalue weighted by Crippen LogP contribution is 2.59. The molecule has 0 spiro atoms. The number of fused-ring (bicyclic) bond motifs is 18. The number of rotatable bonds is 12. The first-order chi connectivity index (χ1) is 56.5. The fourth-order valence-electron chi connectivity index (χ4n) is 21.9. The molecule has 0 amide bonds. The van der Waals surface area contributed by atoms with Crippen LogP contribution in [0.25, 0.3) is 100 Å². The van der Waals surface area contributed by atoms with E-state index in [0.717, 1.165) is 84.6 Å². The van der Waals surface area contributed by atoms with Crippen LogP contribution in [-0.2, 0) is 32.5 Å². The lowest BCUT2D eigenvalue weighted by Crippen LogP contribution is -2.18. The second-order valence-electron chi connectivity index (χ2n) is 36.8. The van der Waals surface area contributed by atoms with Crippen molar-refractivity contribution in [2.24, 2.45) is 0 Å². The summed E-state index contributed by atoms with van der Waals surface area (Å²) in [6.07, 6.45) is 0. The van der Waals surface area contributed by atoms with Crippen molar-refractivity contribution in [2.45, 2.75) is 116 Å². The number of anilines is 9. The van der Waals surface area contributed by atoms with Gasteiger partial charge in [-0.15, -0.1) is 0 Å². The highest BCUT2D eigenvalue weighted by molar-refractivity contribution is 5.95. The zero-order valence-corrected chi connectivity index (χ0v) is 68.8. The second kappa shape index (κ2) is 25.2. The first-order valence-corrected chi connectivity index (χ1v) is 41.9. The molecule has 0 aromatic heterocycles. The van der Waals surface area contributed by atoms with Crippen LogP contribution in [0.5, 0.6) is 0 Å². The summed E-state index contributed by atoms with van der Waals surface area (Å²) < 4.78 is 0. The first-order valence-electron chi connectivity index (χ1n) is 41.9. The molecular formula is C114H93N3. The quantitative estimate of drug-likeness (QED) is 0.121. The molecule has 3 heteroatoms. The van der Waals surface area contributed by atoms with Gasteiger partial charge in [0, 0.05) is 83.7 Å². The molecule has 564 valence electrons. The smallest absolute Gasteiger partial charge is 0.0465 e. The number of benzene rings is 16. The Kier molecular flexibility index (Phi) is 15.2. The van der Waals surface area contributed by atoms with Gasteiger partial charge in [-0.3, -0.25) is 0 Å². The van der Waals surface area contributed by atoms with Crippen molar-refractivity contribution in [3.63, 3.8) is 0 Å². The van der Waals surface area contributed by atoms with Crippen molar-refractivity contribution in [1.82, 2.24) is 0 Å². The van der Waals surface area contributed by atoms with E-state index in [4.69, 9.17) is 0 Å². The minimum absolute atomic E-state index is 0.179. The maximum Gasteiger partial charge on any atom is 0.0465 e. The van der Waals surface area contributed by atoms with Crippen LogP contribution in [0.2, 0.25) is 0 Å². The van der Waals surface area contributed by atoms with Crippen LogP contribution in [-0.4, -0.2) is 0 Å². The van der Waals surface area contributed by atoms with Gasteiger partial charge in [-0.25, -0.2) is 0 Å². The van der Waals surface area contributed by atoms with Gasteiger partial charge in [-0.2, -0.15) is 0 Å². The van der Waals surface area contributed by atoms with Crippen LogP contribution in [0.1, 0.15) is 150 Å². The summed E-state index contributed by atoms with van der Waals surface area (Å²) in [7, 11) is 0. The number of hydrogen-bond acceptors (Lipinski definition) is 3. The van der Waals surface area contributed by atoms with Gasteiger partial charge in [-0.05, 0) is 294 Å². The Morgan fingerprint density at radius 1 is 0.128 bits per heavy atom. The molecule has 0 unspecified atom stereocenters. The summed E-state index contributed by atoms with van der Waals surface area (Å²) in [5.41, 5.74) is 47.9. The summed E-state index contributed by atoms with van der Waals surface area (Å²) >= 11 is 0. The van der Waals surface area contributed by atoms with Crippen LogP contribution in [0, 0.1) is 0 Å². The summed E-state index contributed by atoms with van der Waals surface area (Å²) in [4.78, 5) is 7.49. The standard InChI is InChI=1S/C114H93N3/c1-109(2)97-31-19-13-25-85(97)91-55-49-79(64-103(91)109)115(80-50-56-92-86-26-14-20-32-98(86)110(3,4)104(92)65-80)76-43-37-70(38-44-76)73-61-74(71-39-45-77(46-40-71)116(81-51-57-93-87-27-15-21-33-99(87)111(5,6)105(93)66-81)82-52-58-94-88-28-16-22-34-100(88)112(7,8)106(94)67-82)63-75(62-73)72-41-47-78(48-42-72)117(83-53-59-95-89-29-17-23-35-101(89)113(9,10)107(95)68-83)84-54-60-96-90-30-18-24-36-102(90)114(11,12)108(96)69-84/h13-69H,1-12H3.